The predicted molar refractivity (Wildman–Crippen MR) is 79.2 cm³/mol. The lowest BCUT2D eigenvalue weighted by Gasteiger charge is -2.34. The van der Waals surface area contributed by atoms with E-state index in [1.807, 2.05) is 6.92 Å². The van der Waals surface area contributed by atoms with E-state index in [0.29, 0.717) is 19.1 Å². The molecule has 1 saturated heterocycles. The minimum absolute atomic E-state index is 0.374. The number of β-amino-alcohol motifs (C(OH)–C–C–N with tert-alkyl or cyclic N) is 1. The molecule has 3 nitrogen and oxygen atoms in total. The molecule has 2 unspecified atom stereocenters. The summed E-state index contributed by atoms with van der Waals surface area (Å²) in [5.74, 6) is 0. The Morgan fingerprint density at radius 3 is 2.89 bits per heavy atom. The van der Waals surface area contributed by atoms with Crippen LogP contribution in [0, 0.1) is 6.92 Å². The summed E-state index contributed by atoms with van der Waals surface area (Å²) in [6, 6.07) is 6.67. The van der Waals surface area contributed by atoms with Crippen LogP contribution in [-0.2, 0) is 0 Å². The highest BCUT2D eigenvalue weighted by Crippen LogP contribution is 2.27. The summed E-state index contributed by atoms with van der Waals surface area (Å²) in [5, 5.41) is 13.7. The molecule has 18 heavy (non-hydrogen) atoms. The second-order valence-electron chi connectivity index (χ2n) is 5.54. The molecule has 100 valence electrons. The van der Waals surface area contributed by atoms with Crippen LogP contribution < -0.4 is 10.2 Å². The summed E-state index contributed by atoms with van der Waals surface area (Å²) in [6.07, 6.45) is 0. The Bertz CT molecular complexity index is 434. The van der Waals surface area contributed by atoms with Crippen molar-refractivity contribution in [2.24, 2.45) is 0 Å². The minimum Gasteiger partial charge on any atom is -0.387 e. The molecule has 2 atom stereocenters. The number of benzene rings is 1. The lowest BCUT2D eigenvalue weighted by molar-refractivity contribution is 0.0726. The maximum absolute atomic E-state index is 10.3. The molecule has 1 heterocycles. The van der Waals surface area contributed by atoms with Crippen LogP contribution in [0.25, 0.3) is 0 Å². The summed E-state index contributed by atoms with van der Waals surface area (Å²) in [6.45, 7) is 8.38. The molecule has 0 amide bonds. The number of halogens is 1. The van der Waals surface area contributed by atoms with Crippen LogP contribution in [0.1, 0.15) is 19.4 Å². The van der Waals surface area contributed by atoms with Crippen molar-refractivity contribution < 1.29 is 5.11 Å². The maximum Gasteiger partial charge on any atom is 0.0917 e. The predicted octanol–water partition coefficient (Wildman–Crippen LogP) is 2.31. The van der Waals surface area contributed by atoms with Gasteiger partial charge in [0.05, 0.1) is 5.60 Å². The van der Waals surface area contributed by atoms with E-state index < -0.39 is 5.60 Å². The first-order valence-electron chi connectivity index (χ1n) is 6.35. The van der Waals surface area contributed by atoms with Gasteiger partial charge in [-0.2, -0.15) is 0 Å². The van der Waals surface area contributed by atoms with E-state index in [-0.39, 0.29) is 0 Å². The fraction of sp³-hybridized carbons (Fsp3) is 0.571. The minimum atomic E-state index is -0.690. The zero-order valence-corrected chi connectivity index (χ0v) is 12.8. The number of rotatable bonds is 1. The quantitative estimate of drug-likeness (QED) is 0.835. The third-order valence-electron chi connectivity index (χ3n) is 3.46. The zero-order chi connectivity index (χ0) is 13.3. The summed E-state index contributed by atoms with van der Waals surface area (Å²) < 4.78 is 1.09. The first-order chi connectivity index (χ1) is 8.39. The number of hydrogen-bond acceptors (Lipinski definition) is 3. The average Bonchev–Trinajstić information content (AvgIpc) is 2.38. The monoisotopic (exact) mass is 312 g/mol. The van der Waals surface area contributed by atoms with Crippen LogP contribution in [0.3, 0.4) is 0 Å². The Balaban J connectivity index is 2.33. The van der Waals surface area contributed by atoms with Crippen LogP contribution in [-0.4, -0.2) is 36.4 Å². The molecular weight excluding hydrogens is 292 g/mol. The summed E-state index contributed by atoms with van der Waals surface area (Å²) in [7, 11) is 0. The lowest BCUT2D eigenvalue weighted by Crippen LogP contribution is -2.45. The Morgan fingerprint density at radius 2 is 2.22 bits per heavy atom. The molecule has 1 aliphatic rings. The van der Waals surface area contributed by atoms with Crippen LogP contribution >= 0.6 is 15.9 Å². The van der Waals surface area contributed by atoms with Crippen molar-refractivity contribution in [3.8, 4) is 0 Å². The largest absolute Gasteiger partial charge is 0.387 e. The highest BCUT2D eigenvalue weighted by atomic mass is 79.9. The van der Waals surface area contributed by atoms with E-state index in [2.05, 4.69) is 58.2 Å². The van der Waals surface area contributed by atoms with Crippen LogP contribution in [0.5, 0.6) is 0 Å². The zero-order valence-electron chi connectivity index (χ0n) is 11.2. The topological polar surface area (TPSA) is 35.5 Å². The van der Waals surface area contributed by atoms with Crippen LogP contribution in [0.15, 0.2) is 22.7 Å². The molecule has 1 aromatic rings. The number of hydrogen-bond donors (Lipinski definition) is 2. The van der Waals surface area contributed by atoms with Gasteiger partial charge in [0.25, 0.3) is 0 Å². The summed E-state index contributed by atoms with van der Waals surface area (Å²) in [4.78, 5) is 2.29. The number of aliphatic hydroxyl groups is 1. The number of nitrogens with zero attached hydrogens (tertiary/aromatic N) is 1. The lowest BCUT2D eigenvalue weighted by atomic mass is 10.1. The Morgan fingerprint density at radius 1 is 1.50 bits per heavy atom. The molecule has 1 aliphatic heterocycles. The van der Waals surface area contributed by atoms with Crippen molar-refractivity contribution in [1.82, 2.24) is 5.32 Å². The van der Waals surface area contributed by atoms with E-state index in [1.165, 1.54) is 11.3 Å². The Hall–Kier alpha value is -0.580. The molecule has 1 aromatic carbocycles. The summed E-state index contributed by atoms with van der Waals surface area (Å²) in [5.41, 5.74) is 1.74. The van der Waals surface area contributed by atoms with Crippen molar-refractivity contribution in [1.29, 1.82) is 0 Å². The van der Waals surface area contributed by atoms with E-state index >= 15 is 0 Å². The van der Waals surface area contributed by atoms with Gasteiger partial charge in [-0.1, -0.05) is 15.9 Å². The van der Waals surface area contributed by atoms with Gasteiger partial charge in [-0.05, 0) is 44.5 Å². The molecule has 4 heteroatoms. The number of anilines is 1. The molecule has 2 rings (SSSR count). The van der Waals surface area contributed by atoms with Gasteiger partial charge in [0.15, 0.2) is 0 Å². The fourth-order valence-electron chi connectivity index (χ4n) is 2.50. The molecule has 0 aliphatic carbocycles. The van der Waals surface area contributed by atoms with Gasteiger partial charge in [0, 0.05) is 35.8 Å². The SMILES string of the molecule is Cc1cc(Br)ccc1N1CC(C)(O)CNCC1C. The van der Waals surface area contributed by atoms with Crippen molar-refractivity contribution in [2.75, 3.05) is 24.5 Å². The first-order valence-corrected chi connectivity index (χ1v) is 7.14. The second-order valence-corrected chi connectivity index (χ2v) is 6.45. The molecule has 0 aromatic heterocycles. The van der Waals surface area contributed by atoms with Gasteiger partial charge < -0.3 is 15.3 Å². The van der Waals surface area contributed by atoms with Gasteiger partial charge in [0.1, 0.15) is 0 Å². The summed E-state index contributed by atoms with van der Waals surface area (Å²) >= 11 is 3.49. The molecule has 0 bridgehead atoms. The van der Waals surface area contributed by atoms with Gasteiger partial charge in [0.2, 0.25) is 0 Å². The maximum atomic E-state index is 10.3. The molecule has 0 spiro atoms. The molecule has 2 N–H and O–H groups in total. The Labute approximate surface area is 117 Å². The third-order valence-corrected chi connectivity index (χ3v) is 3.95. The van der Waals surface area contributed by atoms with Gasteiger partial charge in [-0.15, -0.1) is 0 Å². The second kappa shape index (κ2) is 5.19. The van der Waals surface area contributed by atoms with Gasteiger partial charge >= 0.3 is 0 Å². The van der Waals surface area contributed by atoms with E-state index in [4.69, 9.17) is 0 Å². The van der Waals surface area contributed by atoms with Gasteiger partial charge in [-0.25, -0.2) is 0 Å². The van der Waals surface area contributed by atoms with E-state index in [1.54, 1.807) is 0 Å². The van der Waals surface area contributed by atoms with Crippen molar-refractivity contribution in [3.05, 3.63) is 28.2 Å². The van der Waals surface area contributed by atoms with E-state index in [9.17, 15) is 5.11 Å². The van der Waals surface area contributed by atoms with Crippen molar-refractivity contribution in [2.45, 2.75) is 32.4 Å². The van der Waals surface area contributed by atoms with Gasteiger partial charge in [-0.3, -0.25) is 0 Å². The third kappa shape index (κ3) is 3.05. The van der Waals surface area contributed by atoms with Crippen LogP contribution in [0.2, 0.25) is 0 Å². The molecular formula is C14H21BrN2O. The first kappa shape index (κ1) is 13.8. The van der Waals surface area contributed by atoms with Crippen molar-refractivity contribution in [3.63, 3.8) is 0 Å². The smallest absolute Gasteiger partial charge is 0.0917 e. The van der Waals surface area contributed by atoms with E-state index in [0.717, 1.165) is 11.0 Å². The highest BCUT2D eigenvalue weighted by Gasteiger charge is 2.30. The standard InChI is InChI=1S/C14H21BrN2O/c1-10-6-12(15)4-5-13(10)17-9-14(3,18)8-16-7-11(17)2/h4-6,11,16,18H,7-9H2,1-3H3. The number of nitrogens with one attached hydrogen (secondary N) is 1. The average molecular weight is 313 g/mol. The van der Waals surface area contributed by atoms with Crippen molar-refractivity contribution >= 4 is 21.6 Å². The Kier molecular flexibility index (Phi) is 3.99. The molecule has 0 radical (unpaired) electrons. The number of aryl methyl sites for hydroxylation is 1. The van der Waals surface area contributed by atoms with Crippen LogP contribution in [0.4, 0.5) is 5.69 Å². The normalized spacial score (nSPS) is 29.2. The molecule has 1 fully saturated rings. The highest BCUT2D eigenvalue weighted by molar-refractivity contribution is 9.10. The molecule has 0 saturated carbocycles. The fourth-order valence-corrected chi connectivity index (χ4v) is 2.98.